The van der Waals surface area contributed by atoms with Crippen LogP contribution in [0.2, 0.25) is 0 Å². The maximum atomic E-state index is 2.46. The molecule has 3 heteroatoms. The Labute approximate surface area is 310 Å². The van der Waals surface area contributed by atoms with Gasteiger partial charge in [0, 0.05) is 57.4 Å². The molecule has 2 aromatic heterocycles. The van der Waals surface area contributed by atoms with E-state index in [1.54, 1.807) is 0 Å². The molecule has 244 valence electrons. The Bertz CT molecular complexity index is 2820. The highest BCUT2D eigenvalue weighted by atomic mass is 32.1. The van der Waals surface area contributed by atoms with Gasteiger partial charge in [-0.2, -0.15) is 0 Å². The van der Waals surface area contributed by atoms with Crippen LogP contribution >= 0.6 is 22.7 Å². The van der Waals surface area contributed by atoms with Gasteiger partial charge in [0.1, 0.15) is 0 Å². The molecule has 0 bridgehead atoms. The van der Waals surface area contributed by atoms with Gasteiger partial charge in [-0.15, -0.1) is 22.7 Å². The zero-order valence-corrected chi connectivity index (χ0v) is 29.8. The average molecular weight is 698 g/mol. The summed E-state index contributed by atoms with van der Waals surface area (Å²) < 4.78 is 5.25. The molecule has 8 aromatic carbocycles. The number of rotatable bonds is 5. The number of anilines is 3. The third-order valence-electron chi connectivity index (χ3n) is 10.9. The van der Waals surface area contributed by atoms with Crippen molar-refractivity contribution in [3.05, 3.63) is 210 Å². The van der Waals surface area contributed by atoms with E-state index in [1.165, 1.54) is 73.7 Å². The standard InChI is InChI=1S/C49H31NS2/c1-3-13-32(14-4-1)49(33-15-5-2-6-16-33)43-20-10-7-17-37(43)40-29-34(23-26-44(40)49)50(35-24-27-47-41(30-35)38-18-8-11-21-45(38)51-47)36-25-28-48-42(31-36)39-19-9-12-22-46(39)52-48/h1-31H. The molecule has 1 aliphatic carbocycles. The highest BCUT2D eigenvalue weighted by Crippen LogP contribution is 2.57. The quantitative estimate of drug-likeness (QED) is 0.173. The molecule has 0 saturated carbocycles. The molecule has 10 aromatic rings. The summed E-state index contributed by atoms with van der Waals surface area (Å²) in [5.41, 5.74) is 10.8. The minimum Gasteiger partial charge on any atom is -0.310 e. The van der Waals surface area contributed by atoms with Gasteiger partial charge in [0.15, 0.2) is 0 Å². The maximum Gasteiger partial charge on any atom is 0.0713 e. The van der Waals surface area contributed by atoms with Gasteiger partial charge in [-0.25, -0.2) is 0 Å². The van der Waals surface area contributed by atoms with E-state index >= 15 is 0 Å². The van der Waals surface area contributed by atoms with Crippen molar-refractivity contribution in [2.75, 3.05) is 4.90 Å². The zero-order valence-electron chi connectivity index (χ0n) is 28.2. The van der Waals surface area contributed by atoms with Crippen LogP contribution in [-0.2, 0) is 5.41 Å². The molecule has 0 aliphatic heterocycles. The van der Waals surface area contributed by atoms with E-state index in [2.05, 4.69) is 193 Å². The topological polar surface area (TPSA) is 3.24 Å². The number of hydrogen-bond acceptors (Lipinski definition) is 3. The van der Waals surface area contributed by atoms with Crippen LogP contribution in [0.25, 0.3) is 51.5 Å². The van der Waals surface area contributed by atoms with Crippen LogP contribution in [0.5, 0.6) is 0 Å². The Balaban J connectivity index is 1.18. The van der Waals surface area contributed by atoms with E-state index in [0.29, 0.717) is 0 Å². The maximum absolute atomic E-state index is 2.46. The number of fused-ring (bicyclic) bond motifs is 9. The number of benzene rings is 8. The molecule has 1 nitrogen and oxygen atoms in total. The largest absolute Gasteiger partial charge is 0.310 e. The molecule has 0 radical (unpaired) electrons. The van der Waals surface area contributed by atoms with Gasteiger partial charge in [-0.3, -0.25) is 0 Å². The molecule has 11 rings (SSSR count). The van der Waals surface area contributed by atoms with Crippen LogP contribution in [0.1, 0.15) is 22.3 Å². The van der Waals surface area contributed by atoms with Gasteiger partial charge in [0.05, 0.1) is 5.41 Å². The SMILES string of the molecule is c1ccc(C2(c3ccccc3)c3ccccc3-c3cc(N(c4ccc5sc6ccccc6c5c4)c4ccc5sc6ccccc6c5c4)ccc32)cc1. The summed E-state index contributed by atoms with van der Waals surface area (Å²) in [6, 6.07) is 69.8. The van der Waals surface area contributed by atoms with Crippen molar-refractivity contribution in [2.24, 2.45) is 0 Å². The van der Waals surface area contributed by atoms with Crippen LogP contribution in [-0.4, -0.2) is 0 Å². The summed E-state index contributed by atoms with van der Waals surface area (Å²) >= 11 is 3.73. The fourth-order valence-corrected chi connectivity index (χ4v) is 10.9. The van der Waals surface area contributed by atoms with Crippen LogP contribution in [0.4, 0.5) is 17.1 Å². The summed E-state index contributed by atoms with van der Waals surface area (Å²) in [5.74, 6) is 0. The molecular weight excluding hydrogens is 667 g/mol. The molecule has 0 amide bonds. The minimum atomic E-state index is -0.430. The van der Waals surface area contributed by atoms with Crippen LogP contribution in [0, 0.1) is 0 Å². The van der Waals surface area contributed by atoms with Crippen LogP contribution in [0.15, 0.2) is 188 Å². The first kappa shape index (κ1) is 29.7. The first-order chi connectivity index (χ1) is 25.8. The lowest BCUT2D eigenvalue weighted by molar-refractivity contribution is 0.768. The van der Waals surface area contributed by atoms with E-state index in [0.717, 1.165) is 17.1 Å². The monoisotopic (exact) mass is 697 g/mol. The Morgan fingerprint density at radius 2 is 0.769 bits per heavy atom. The molecule has 1 aliphatic rings. The summed E-state index contributed by atoms with van der Waals surface area (Å²) in [6.07, 6.45) is 0. The summed E-state index contributed by atoms with van der Waals surface area (Å²) in [6.45, 7) is 0. The summed E-state index contributed by atoms with van der Waals surface area (Å²) in [5, 5.41) is 5.21. The lowest BCUT2D eigenvalue weighted by Crippen LogP contribution is -2.28. The molecule has 0 unspecified atom stereocenters. The van der Waals surface area contributed by atoms with Crippen molar-refractivity contribution < 1.29 is 0 Å². The molecule has 0 saturated heterocycles. The fourth-order valence-electron chi connectivity index (χ4n) is 8.73. The Morgan fingerprint density at radius 3 is 1.37 bits per heavy atom. The van der Waals surface area contributed by atoms with Gasteiger partial charge in [0.2, 0.25) is 0 Å². The van der Waals surface area contributed by atoms with Gasteiger partial charge >= 0.3 is 0 Å². The Kier molecular flexibility index (Phi) is 6.57. The first-order valence-electron chi connectivity index (χ1n) is 17.8. The highest BCUT2D eigenvalue weighted by molar-refractivity contribution is 7.26. The van der Waals surface area contributed by atoms with Crippen LogP contribution in [0.3, 0.4) is 0 Å². The van der Waals surface area contributed by atoms with E-state index in [-0.39, 0.29) is 0 Å². The highest BCUT2D eigenvalue weighted by Gasteiger charge is 2.46. The third-order valence-corrected chi connectivity index (χ3v) is 13.2. The predicted molar refractivity (Wildman–Crippen MR) is 224 cm³/mol. The second-order valence-corrected chi connectivity index (χ2v) is 15.8. The average Bonchev–Trinajstić information content (AvgIpc) is 3.87. The van der Waals surface area contributed by atoms with Gasteiger partial charge in [0.25, 0.3) is 0 Å². The van der Waals surface area contributed by atoms with E-state index in [9.17, 15) is 0 Å². The van der Waals surface area contributed by atoms with E-state index < -0.39 is 5.41 Å². The number of nitrogens with zero attached hydrogens (tertiary/aromatic N) is 1. The molecule has 2 heterocycles. The summed E-state index contributed by atoms with van der Waals surface area (Å²) in [7, 11) is 0. The Morgan fingerprint density at radius 1 is 0.327 bits per heavy atom. The Hall–Kier alpha value is -6.00. The first-order valence-corrected chi connectivity index (χ1v) is 19.4. The lowest BCUT2D eigenvalue weighted by Gasteiger charge is -2.34. The second kappa shape index (κ2) is 11.5. The lowest BCUT2D eigenvalue weighted by atomic mass is 9.68. The van der Waals surface area contributed by atoms with E-state index in [1.807, 2.05) is 22.7 Å². The fraction of sp³-hybridized carbons (Fsp3) is 0.0204. The number of thiophene rings is 2. The molecular formula is C49H31NS2. The van der Waals surface area contributed by atoms with Crippen molar-refractivity contribution in [1.29, 1.82) is 0 Å². The van der Waals surface area contributed by atoms with E-state index in [4.69, 9.17) is 0 Å². The van der Waals surface area contributed by atoms with Gasteiger partial charge in [-0.1, -0.05) is 127 Å². The van der Waals surface area contributed by atoms with Crippen molar-refractivity contribution in [2.45, 2.75) is 5.41 Å². The minimum absolute atomic E-state index is 0.430. The van der Waals surface area contributed by atoms with Crippen molar-refractivity contribution in [1.82, 2.24) is 0 Å². The van der Waals surface area contributed by atoms with Gasteiger partial charge in [-0.05, 0) is 94.0 Å². The van der Waals surface area contributed by atoms with Crippen molar-refractivity contribution >= 4 is 80.1 Å². The normalized spacial score (nSPS) is 13.2. The molecule has 0 atom stereocenters. The number of hydrogen-bond donors (Lipinski definition) is 0. The second-order valence-electron chi connectivity index (χ2n) is 13.7. The smallest absolute Gasteiger partial charge is 0.0713 e. The molecule has 52 heavy (non-hydrogen) atoms. The molecule has 0 N–H and O–H groups in total. The summed E-state index contributed by atoms with van der Waals surface area (Å²) in [4.78, 5) is 2.46. The zero-order chi connectivity index (χ0) is 34.2. The van der Waals surface area contributed by atoms with Crippen molar-refractivity contribution in [3.8, 4) is 11.1 Å². The molecule has 0 spiro atoms. The van der Waals surface area contributed by atoms with Crippen LogP contribution < -0.4 is 4.90 Å². The molecule has 0 fully saturated rings. The third kappa shape index (κ3) is 4.27. The van der Waals surface area contributed by atoms with Gasteiger partial charge < -0.3 is 4.90 Å². The predicted octanol–water partition coefficient (Wildman–Crippen LogP) is 14.3. The van der Waals surface area contributed by atoms with Crippen molar-refractivity contribution in [3.63, 3.8) is 0 Å².